The Morgan fingerprint density at radius 3 is 2.61 bits per heavy atom. The van der Waals surface area contributed by atoms with Crippen LogP contribution in [0.15, 0.2) is 48.8 Å². The zero-order valence-corrected chi connectivity index (χ0v) is 18.6. The number of piperidine rings is 1. The number of aromatic nitrogens is 1. The molecule has 174 valence electrons. The first-order chi connectivity index (χ1) is 16.0. The normalized spacial score (nSPS) is 20.9. The number of benzene rings is 1. The second-order valence-electron chi connectivity index (χ2n) is 8.30. The van der Waals surface area contributed by atoms with E-state index in [0.717, 1.165) is 5.56 Å². The van der Waals surface area contributed by atoms with Crippen molar-refractivity contribution in [3.63, 3.8) is 0 Å². The molecule has 2 atom stereocenters. The summed E-state index contributed by atoms with van der Waals surface area (Å²) in [6.45, 7) is 3.12. The summed E-state index contributed by atoms with van der Waals surface area (Å²) in [7, 11) is 0. The van der Waals surface area contributed by atoms with Gasteiger partial charge in [0.05, 0.1) is 12.2 Å². The molecule has 2 aliphatic heterocycles. The summed E-state index contributed by atoms with van der Waals surface area (Å²) >= 11 is 0. The van der Waals surface area contributed by atoms with Gasteiger partial charge in [0.2, 0.25) is 11.8 Å². The number of nitrogens with one attached hydrogen (secondary N) is 3. The maximum Gasteiger partial charge on any atom is 0.338 e. The molecule has 3 heterocycles. The average molecular weight is 452 g/mol. The molecule has 0 radical (unpaired) electrons. The number of carbonyl (C=O) groups excluding carboxylic acids is 3. The number of pyridine rings is 1. The molecule has 4 rings (SSSR count). The quantitative estimate of drug-likeness (QED) is 0.576. The Bertz CT molecular complexity index is 991. The van der Waals surface area contributed by atoms with Gasteiger partial charge in [0, 0.05) is 43.1 Å². The second-order valence-corrected chi connectivity index (χ2v) is 8.30. The molecule has 2 aliphatic rings. The van der Waals surface area contributed by atoms with Crippen LogP contribution in [0.2, 0.25) is 0 Å². The number of carbonyl (C=O) groups is 3. The third kappa shape index (κ3) is 5.55. The molecule has 1 aromatic heterocycles. The lowest BCUT2D eigenvalue weighted by molar-refractivity contribution is -0.136. The van der Waals surface area contributed by atoms with Gasteiger partial charge < -0.3 is 15.0 Å². The third-order valence-corrected chi connectivity index (χ3v) is 6.13. The van der Waals surface area contributed by atoms with E-state index in [-0.39, 0.29) is 29.8 Å². The number of nitrogens with zero attached hydrogens (tertiary/aromatic N) is 2. The minimum atomic E-state index is -0.415. The Hall–Kier alpha value is -3.30. The van der Waals surface area contributed by atoms with Crippen LogP contribution in [0.25, 0.3) is 0 Å². The molecule has 0 spiro atoms. The van der Waals surface area contributed by atoms with Crippen molar-refractivity contribution in [1.82, 2.24) is 20.7 Å². The smallest absolute Gasteiger partial charge is 0.338 e. The molecule has 0 saturated carbocycles. The number of esters is 1. The van der Waals surface area contributed by atoms with Crippen molar-refractivity contribution >= 4 is 23.5 Å². The van der Waals surface area contributed by atoms with Crippen LogP contribution >= 0.6 is 0 Å². The fraction of sp³-hybridized carbons (Fsp3) is 0.417. The van der Waals surface area contributed by atoms with Gasteiger partial charge in [0.15, 0.2) is 0 Å². The average Bonchev–Trinajstić information content (AvgIpc) is 3.35. The number of anilines is 1. The van der Waals surface area contributed by atoms with Gasteiger partial charge in [-0.2, -0.15) is 0 Å². The van der Waals surface area contributed by atoms with E-state index in [1.165, 1.54) is 0 Å². The van der Waals surface area contributed by atoms with Crippen LogP contribution < -0.4 is 16.2 Å². The summed E-state index contributed by atoms with van der Waals surface area (Å²) in [4.78, 5) is 43.5. The lowest BCUT2D eigenvalue weighted by atomic mass is 9.94. The first-order valence-electron chi connectivity index (χ1n) is 11.3. The highest BCUT2D eigenvalue weighted by Crippen LogP contribution is 2.25. The lowest BCUT2D eigenvalue weighted by Gasteiger charge is -2.32. The van der Waals surface area contributed by atoms with Crippen LogP contribution in [0.1, 0.15) is 48.1 Å². The van der Waals surface area contributed by atoms with E-state index in [1.54, 1.807) is 43.6 Å². The van der Waals surface area contributed by atoms with E-state index < -0.39 is 5.97 Å². The van der Waals surface area contributed by atoms with Crippen LogP contribution in [-0.4, -0.2) is 53.4 Å². The van der Waals surface area contributed by atoms with Crippen molar-refractivity contribution in [2.75, 3.05) is 25.0 Å². The minimum Gasteiger partial charge on any atom is -0.462 e. The first-order valence-corrected chi connectivity index (χ1v) is 11.3. The van der Waals surface area contributed by atoms with Gasteiger partial charge in [-0.05, 0) is 62.1 Å². The monoisotopic (exact) mass is 451 g/mol. The van der Waals surface area contributed by atoms with Crippen molar-refractivity contribution in [2.24, 2.45) is 5.92 Å². The Morgan fingerprint density at radius 2 is 1.88 bits per heavy atom. The summed E-state index contributed by atoms with van der Waals surface area (Å²) in [5.41, 5.74) is 8.36. The molecule has 9 nitrogen and oxygen atoms in total. The molecule has 2 aromatic rings. The highest BCUT2D eigenvalue weighted by atomic mass is 16.5. The third-order valence-electron chi connectivity index (χ3n) is 6.13. The predicted molar refractivity (Wildman–Crippen MR) is 122 cm³/mol. The van der Waals surface area contributed by atoms with E-state index >= 15 is 0 Å². The molecule has 0 bridgehead atoms. The molecule has 2 unspecified atom stereocenters. The molecular weight excluding hydrogens is 422 g/mol. The fourth-order valence-corrected chi connectivity index (χ4v) is 4.30. The van der Waals surface area contributed by atoms with Crippen LogP contribution in [0.3, 0.4) is 0 Å². The molecule has 0 aliphatic carbocycles. The van der Waals surface area contributed by atoms with Crippen molar-refractivity contribution in [3.05, 3.63) is 59.9 Å². The molecule has 1 aromatic carbocycles. The maximum absolute atomic E-state index is 13.0. The summed E-state index contributed by atoms with van der Waals surface area (Å²) < 4.78 is 5.01. The number of rotatable bonds is 6. The topological polar surface area (TPSA) is 113 Å². The zero-order valence-electron chi connectivity index (χ0n) is 18.6. The standard InChI is InChI=1S/C24H29N5O4/c1-2-33-24(32)18-4-3-5-19(14-18)26-22(30)17-8-12-29(13-9-17)23(31)21-15-20(27-28-21)16-6-10-25-11-7-16/h3-7,10-11,14,17,20-21,27-28H,2,8-9,12-13,15H2,1H3,(H,26,30). The van der Waals surface area contributed by atoms with E-state index in [4.69, 9.17) is 4.74 Å². The lowest BCUT2D eigenvalue weighted by Crippen LogP contribution is -2.49. The summed E-state index contributed by atoms with van der Waals surface area (Å²) in [5, 5.41) is 2.89. The maximum atomic E-state index is 13.0. The largest absolute Gasteiger partial charge is 0.462 e. The molecular formula is C24H29N5O4. The van der Waals surface area contributed by atoms with Crippen LogP contribution in [0.5, 0.6) is 0 Å². The Labute approximate surface area is 192 Å². The van der Waals surface area contributed by atoms with E-state index in [9.17, 15) is 14.4 Å². The van der Waals surface area contributed by atoms with Gasteiger partial charge in [0.25, 0.3) is 0 Å². The van der Waals surface area contributed by atoms with Crippen molar-refractivity contribution in [3.8, 4) is 0 Å². The highest BCUT2D eigenvalue weighted by molar-refractivity contribution is 5.95. The SMILES string of the molecule is CCOC(=O)c1cccc(NC(=O)C2CCN(C(=O)C3CC(c4ccncc4)NN3)CC2)c1. The minimum absolute atomic E-state index is 0.0556. The van der Waals surface area contributed by atoms with Crippen LogP contribution in [-0.2, 0) is 14.3 Å². The molecule has 3 N–H and O–H groups in total. The number of hydrogen-bond donors (Lipinski definition) is 3. The number of amides is 2. The van der Waals surface area contributed by atoms with Gasteiger partial charge in [-0.1, -0.05) is 6.07 Å². The summed E-state index contributed by atoms with van der Waals surface area (Å²) in [5.74, 6) is -0.636. The van der Waals surface area contributed by atoms with Gasteiger partial charge in [0.1, 0.15) is 6.04 Å². The molecule has 9 heteroatoms. The molecule has 2 fully saturated rings. The van der Waals surface area contributed by atoms with E-state index in [0.29, 0.717) is 50.2 Å². The van der Waals surface area contributed by atoms with Gasteiger partial charge in [-0.15, -0.1) is 0 Å². The van der Waals surface area contributed by atoms with Crippen LogP contribution in [0, 0.1) is 5.92 Å². The Kier molecular flexibility index (Phi) is 7.31. The zero-order chi connectivity index (χ0) is 23.2. The highest BCUT2D eigenvalue weighted by Gasteiger charge is 2.35. The fourth-order valence-electron chi connectivity index (χ4n) is 4.30. The second kappa shape index (κ2) is 10.5. The van der Waals surface area contributed by atoms with Crippen molar-refractivity contribution < 1.29 is 19.1 Å². The molecule has 33 heavy (non-hydrogen) atoms. The molecule has 2 amide bonds. The van der Waals surface area contributed by atoms with E-state index in [2.05, 4.69) is 21.2 Å². The predicted octanol–water partition coefficient (Wildman–Crippen LogP) is 2.04. The Morgan fingerprint density at radius 1 is 1.12 bits per heavy atom. The number of hydrogen-bond acceptors (Lipinski definition) is 7. The van der Waals surface area contributed by atoms with Gasteiger partial charge in [-0.3, -0.25) is 14.6 Å². The first kappa shape index (κ1) is 22.9. The summed E-state index contributed by atoms with van der Waals surface area (Å²) in [6.07, 6.45) is 5.36. The van der Waals surface area contributed by atoms with Gasteiger partial charge >= 0.3 is 5.97 Å². The number of likely N-dealkylation sites (tertiary alicyclic amines) is 1. The van der Waals surface area contributed by atoms with Crippen molar-refractivity contribution in [2.45, 2.75) is 38.3 Å². The number of hydrazine groups is 1. The van der Waals surface area contributed by atoms with Crippen LogP contribution in [0.4, 0.5) is 5.69 Å². The van der Waals surface area contributed by atoms with Crippen molar-refractivity contribution in [1.29, 1.82) is 0 Å². The summed E-state index contributed by atoms with van der Waals surface area (Å²) in [6, 6.07) is 10.4. The number of ether oxygens (including phenoxy) is 1. The molecule has 2 saturated heterocycles. The Balaban J connectivity index is 1.26. The van der Waals surface area contributed by atoms with E-state index in [1.807, 2.05) is 17.0 Å². The van der Waals surface area contributed by atoms with Gasteiger partial charge in [-0.25, -0.2) is 15.6 Å².